The van der Waals surface area contributed by atoms with Crippen molar-refractivity contribution < 1.29 is 6.85 Å². The zero-order valence-electron chi connectivity index (χ0n) is 9.88. The maximum atomic E-state index is 10.2. The number of nitrogens with zero attached hydrogens (tertiary/aromatic N) is 2. The molecule has 0 N–H and O–H groups in total. The molecule has 0 aliphatic heterocycles. The fourth-order valence-electron chi connectivity index (χ4n) is 0.244. The molecular weight excluding hydrogens is 104 g/mol. The molecule has 0 saturated heterocycles. The lowest BCUT2D eigenvalue weighted by atomic mass is 10.4. The molecule has 8 heavy (non-hydrogen) atoms. The maximum Gasteiger partial charge on any atom is 0.0526 e. The quantitative estimate of drug-likeness (QED) is 0.417. The molecule has 0 amide bonds. The molecule has 0 aromatic carbocycles. The minimum atomic E-state index is -2.88. The van der Waals surface area contributed by atoms with Crippen LogP contribution in [0, 0.1) is 4.91 Å². The molecule has 0 rings (SSSR count). The van der Waals surface area contributed by atoms with Crippen LogP contribution in [0.3, 0.4) is 0 Å². The van der Waals surface area contributed by atoms with E-state index in [1.165, 1.54) is 13.8 Å². The molecule has 48 valence electrons. The van der Waals surface area contributed by atoms with Crippen LogP contribution in [-0.4, -0.2) is 17.5 Å². The second-order valence-electron chi connectivity index (χ2n) is 1.63. The van der Waals surface area contributed by atoms with E-state index in [0.717, 1.165) is 0 Å². The van der Waals surface area contributed by atoms with Crippen molar-refractivity contribution in [2.75, 3.05) is 6.50 Å². The van der Waals surface area contributed by atoms with E-state index >= 15 is 0 Å². The number of hydrogen-bond acceptors (Lipinski definition) is 2. The first-order valence-corrected chi connectivity index (χ1v) is 2.27. The van der Waals surface area contributed by atoms with Gasteiger partial charge in [0.25, 0.3) is 0 Å². The highest BCUT2D eigenvalue weighted by molar-refractivity contribution is 4.52. The van der Waals surface area contributed by atoms with Crippen molar-refractivity contribution in [2.45, 2.75) is 26.7 Å². The molecule has 0 fully saturated rings. The molecule has 0 radical (unpaired) electrons. The van der Waals surface area contributed by atoms with Gasteiger partial charge >= 0.3 is 0 Å². The largest absolute Gasteiger partial charge is 0.259 e. The first-order chi connectivity index (χ1) is 5.64. The van der Waals surface area contributed by atoms with Crippen LogP contribution in [0.15, 0.2) is 5.29 Å². The molecule has 0 aliphatic rings. The summed E-state index contributed by atoms with van der Waals surface area (Å²) in [5.74, 6) is 0. The van der Waals surface area contributed by atoms with E-state index in [-0.39, 0.29) is 0 Å². The first kappa shape index (κ1) is 2.33. The number of nitroso groups, excluding NO2 is 1. The van der Waals surface area contributed by atoms with Gasteiger partial charge < -0.3 is 0 Å². The van der Waals surface area contributed by atoms with Gasteiger partial charge in [-0.1, -0.05) is 0 Å². The summed E-state index contributed by atoms with van der Waals surface area (Å²) >= 11 is 0. The van der Waals surface area contributed by atoms with Gasteiger partial charge in [-0.05, 0) is 20.7 Å². The molecule has 3 heteroatoms. The van der Waals surface area contributed by atoms with Crippen molar-refractivity contribution in [2.24, 2.45) is 5.29 Å². The van der Waals surface area contributed by atoms with Gasteiger partial charge in [0.05, 0.1) is 8.03 Å². The van der Waals surface area contributed by atoms with E-state index in [4.69, 9.17) is 6.85 Å². The van der Waals surface area contributed by atoms with Crippen LogP contribution >= 0.6 is 0 Å². The Labute approximate surface area is 56.6 Å². The van der Waals surface area contributed by atoms with E-state index < -0.39 is 19.4 Å². The average Bonchev–Trinajstić information content (AvgIpc) is 1.83. The second-order valence-corrected chi connectivity index (χ2v) is 1.63. The summed E-state index contributed by atoms with van der Waals surface area (Å²) < 4.78 is 35.0. The Morgan fingerprint density at radius 3 is 2.75 bits per heavy atom. The Hall–Kier alpha value is -0.600. The number of rotatable bonds is 3. The second kappa shape index (κ2) is 3.41. The van der Waals surface area contributed by atoms with Crippen LogP contribution in [0.2, 0.25) is 0 Å². The summed E-state index contributed by atoms with van der Waals surface area (Å²) in [4.78, 5) is 10.2. The van der Waals surface area contributed by atoms with Gasteiger partial charge in [-0.25, -0.2) is 0 Å². The molecular formula is C5H12N2O. The fourth-order valence-corrected chi connectivity index (χ4v) is 0.244. The van der Waals surface area contributed by atoms with Crippen molar-refractivity contribution in [1.82, 2.24) is 5.01 Å². The Kier molecular flexibility index (Phi) is 0.994. The molecule has 0 saturated carbocycles. The molecule has 0 bridgehead atoms. The molecule has 0 aromatic rings. The monoisotopic (exact) mass is 121 g/mol. The summed E-state index contributed by atoms with van der Waals surface area (Å²) in [6.07, 6.45) is 0. The molecule has 0 aromatic heterocycles. The van der Waals surface area contributed by atoms with Crippen molar-refractivity contribution in [1.29, 1.82) is 0 Å². The van der Waals surface area contributed by atoms with Crippen LogP contribution in [0.5, 0.6) is 0 Å². The standard InChI is InChI=1S/C5H12N2O/c1-4-7(6-8)5(2)3/h5H,4H2,1-3H3/i1D3,4D2. The Balaban J connectivity index is 4.88. The zero-order chi connectivity index (χ0) is 10.9. The summed E-state index contributed by atoms with van der Waals surface area (Å²) in [5.41, 5.74) is 0. The van der Waals surface area contributed by atoms with Gasteiger partial charge in [-0.15, -0.1) is 4.91 Å². The molecule has 0 atom stereocenters. The fraction of sp³-hybridized carbons (Fsp3) is 1.00. The molecule has 0 heterocycles. The predicted octanol–water partition coefficient (Wildman–Crippen LogP) is 1.40. The predicted molar refractivity (Wildman–Crippen MR) is 33.3 cm³/mol. The average molecular weight is 121 g/mol. The first-order valence-electron chi connectivity index (χ1n) is 4.77. The van der Waals surface area contributed by atoms with E-state index in [9.17, 15) is 4.91 Å². The summed E-state index contributed by atoms with van der Waals surface area (Å²) in [7, 11) is 0. The minimum Gasteiger partial charge on any atom is -0.259 e. The highest BCUT2D eigenvalue weighted by Gasteiger charge is 2.01. The third-order valence-corrected chi connectivity index (χ3v) is 0.692. The lowest BCUT2D eigenvalue weighted by Gasteiger charge is -2.15. The lowest BCUT2D eigenvalue weighted by Crippen LogP contribution is -2.23. The van der Waals surface area contributed by atoms with E-state index in [0.29, 0.717) is 5.01 Å². The van der Waals surface area contributed by atoms with Crippen molar-refractivity contribution in [3.05, 3.63) is 4.91 Å². The van der Waals surface area contributed by atoms with Crippen molar-refractivity contribution >= 4 is 0 Å². The Morgan fingerprint density at radius 1 is 2.00 bits per heavy atom. The zero-order valence-corrected chi connectivity index (χ0v) is 4.88. The molecule has 0 aliphatic carbocycles. The van der Waals surface area contributed by atoms with E-state index in [1.54, 1.807) is 0 Å². The smallest absolute Gasteiger partial charge is 0.0526 e. The maximum absolute atomic E-state index is 10.2. The topological polar surface area (TPSA) is 32.7 Å². The van der Waals surface area contributed by atoms with E-state index in [2.05, 4.69) is 5.29 Å². The molecule has 0 unspecified atom stereocenters. The van der Waals surface area contributed by atoms with Crippen LogP contribution in [-0.2, 0) is 0 Å². The van der Waals surface area contributed by atoms with Crippen LogP contribution in [0.1, 0.15) is 27.6 Å². The van der Waals surface area contributed by atoms with E-state index in [1.807, 2.05) is 0 Å². The van der Waals surface area contributed by atoms with Crippen molar-refractivity contribution in [3.8, 4) is 0 Å². The molecule has 0 spiro atoms. The van der Waals surface area contributed by atoms with Gasteiger partial charge in [0, 0.05) is 16.7 Å². The highest BCUT2D eigenvalue weighted by atomic mass is 16.3. The summed E-state index contributed by atoms with van der Waals surface area (Å²) in [6.45, 7) is -2.62. The van der Waals surface area contributed by atoms with Gasteiger partial charge in [0.15, 0.2) is 0 Å². The van der Waals surface area contributed by atoms with Crippen molar-refractivity contribution in [3.63, 3.8) is 0 Å². The third kappa shape index (κ3) is 1.91. The lowest BCUT2D eigenvalue weighted by molar-refractivity contribution is 0.241. The van der Waals surface area contributed by atoms with Crippen LogP contribution in [0.25, 0.3) is 0 Å². The highest BCUT2D eigenvalue weighted by Crippen LogP contribution is 1.95. The number of hydrogen-bond donors (Lipinski definition) is 0. The molecule has 3 nitrogen and oxygen atoms in total. The van der Waals surface area contributed by atoms with Gasteiger partial charge in [0.2, 0.25) is 0 Å². The Morgan fingerprint density at radius 2 is 2.62 bits per heavy atom. The Bertz CT molecular complexity index is 190. The SMILES string of the molecule is [2H]C([2H])([2H])C([2H])([2H])N(N=O)C(C)C. The summed E-state index contributed by atoms with van der Waals surface area (Å²) in [5, 5.41) is 2.78. The van der Waals surface area contributed by atoms with Gasteiger partial charge in [-0.2, -0.15) is 0 Å². The minimum absolute atomic E-state index is 0.403. The van der Waals surface area contributed by atoms with Crippen LogP contribution in [0.4, 0.5) is 0 Å². The third-order valence-electron chi connectivity index (χ3n) is 0.692. The summed E-state index contributed by atoms with van der Waals surface area (Å²) in [6, 6.07) is -0.590. The van der Waals surface area contributed by atoms with Gasteiger partial charge in [-0.3, -0.25) is 5.01 Å². The van der Waals surface area contributed by atoms with Crippen LogP contribution < -0.4 is 0 Å². The normalized spacial score (nSPS) is 22.1. The van der Waals surface area contributed by atoms with Gasteiger partial charge in [0.1, 0.15) is 0 Å².